The Balaban J connectivity index is 1.90. The van der Waals surface area contributed by atoms with Crippen molar-refractivity contribution in [2.75, 3.05) is 24.2 Å². The summed E-state index contributed by atoms with van der Waals surface area (Å²) in [5.74, 6) is 0.435. The standard InChI is InChI=1S/C16H16BrN3O4S/c1-20-9-10-5-12(3-4-15(10)18-16(20)21)19-25(22,23)14-7-11(17)6-13(8-14)24-2/h3-8,19H,9H2,1-2H3,(H,18,21). The van der Waals surface area contributed by atoms with E-state index in [1.165, 1.54) is 24.1 Å². The summed E-state index contributed by atoms with van der Waals surface area (Å²) in [5.41, 5.74) is 1.92. The monoisotopic (exact) mass is 425 g/mol. The van der Waals surface area contributed by atoms with Gasteiger partial charge in [0.05, 0.1) is 12.0 Å². The van der Waals surface area contributed by atoms with Gasteiger partial charge in [-0.25, -0.2) is 13.2 Å². The number of urea groups is 1. The molecule has 3 rings (SSSR count). The molecule has 2 aromatic carbocycles. The molecule has 25 heavy (non-hydrogen) atoms. The van der Waals surface area contributed by atoms with E-state index >= 15 is 0 Å². The summed E-state index contributed by atoms with van der Waals surface area (Å²) in [5, 5.41) is 2.74. The van der Waals surface area contributed by atoms with E-state index in [-0.39, 0.29) is 10.9 Å². The van der Waals surface area contributed by atoms with Gasteiger partial charge in [-0.15, -0.1) is 0 Å². The molecule has 0 spiro atoms. The average molecular weight is 426 g/mol. The summed E-state index contributed by atoms with van der Waals surface area (Å²) in [6.07, 6.45) is 0. The Bertz CT molecular complexity index is 946. The molecule has 0 saturated heterocycles. The first-order valence-electron chi connectivity index (χ1n) is 7.31. The highest BCUT2D eigenvalue weighted by Crippen LogP contribution is 2.29. The fraction of sp³-hybridized carbons (Fsp3) is 0.188. The van der Waals surface area contributed by atoms with Crippen LogP contribution in [-0.2, 0) is 16.6 Å². The van der Waals surface area contributed by atoms with Gasteiger partial charge in [-0.1, -0.05) is 15.9 Å². The molecule has 2 amide bonds. The van der Waals surface area contributed by atoms with E-state index in [4.69, 9.17) is 4.74 Å². The van der Waals surface area contributed by atoms with Gasteiger partial charge in [0.25, 0.3) is 10.0 Å². The highest BCUT2D eigenvalue weighted by atomic mass is 79.9. The number of fused-ring (bicyclic) bond motifs is 1. The highest BCUT2D eigenvalue weighted by Gasteiger charge is 2.21. The van der Waals surface area contributed by atoms with Crippen LogP contribution in [0.25, 0.3) is 0 Å². The van der Waals surface area contributed by atoms with Gasteiger partial charge in [-0.3, -0.25) is 4.72 Å². The Morgan fingerprint density at radius 2 is 2.00 bits per heavy atom. The quantitative estimate of drug-likeness (QED) is 0.786. The lowest BCUT2D eigenvalue weighted by atomic mass is 10.1. The normalized spacial score (nSPS) is 13.9. The van der Waals surface area contributed by atoms with Crippen LogP contribution in [0.15, 0.2) is 45.8 Å². The Labute approximate surface area is 154 Å². The first-order valence-corrected chi connectivity index (χ1v) is 9.58. The van der Waals surface area contributed by atoms with Crippen LogP contribution in [0, 0.1) is 0 Å². The largest absolute Gasteiger partial charge is 0.497 e. The van der Waals surface area contributed by atoms with Gasteiger partial charge < -0.3 is 15.0 Å². The number of nitrogens with zero attached hydrogens (tertiary/aromatic N) is 1. The number of halogens is 1. The molecule has 0 fully saturated rings. The number of hydrogen-bond acceptors (Lipinski definition) is 4. The second-order valence-electron chi connectivity index (χ2n) is 5.59. The lowest BCUT2D eigenvalue weighted by molar-refractivity contribution is 0.218. The molecule has 132 valence electrons. The van der Waals surface area contributed by atoms with Crippen LogP contribution in [0.4, 0.5) is 16.2 Å². The molecule has 1 aliphatic heterocycles. The number of sulfonamides is 1. The number of anilines is 2. The molecule has 9 heteroatoms. The molecular weight excluding hydrogens is 410 g/mol. The molecule has 0 aromatic heterocycles. The first-order chi connectivity index (χ1) is 11.8. The maximum atomic E-state index is 12.6. The average Bonchev–Trinajstić information content (AvgIpc) is 2.55. The second-order valence-corrected chi connectivity index (χ2v) is 8.19. The number of methoxy groups -OCH3 is 1. The van der Waals surface area contributed by atoms with E-state index < -0.39 is 10.0 Å². The van der Waals surface area contributed by atoms with Crippen molar-refractivity contribution in [2.24, 2.45) is 0 Å². The van der Waals surface area contributed by atoms with Crippen molar-refractivity contribution in [1.29, 1.82) is 0 Å². The van der Waals surface area contributed by atoms with Crippen molar-refractivity contribution in [3.05, 3.63) is 46.4 Å². The molecule has 0 saturated carbocycles. The first kappa shape index (κ1) is 17.6. The Hall–Kier alpha value is -2.26. The zero-order valence-electron chi connectivity index (χ0n) is 13.5. The predicted octanol–water partition coefficient (Wildman–Crippen LogP) is 3.24. The Kier molecular flexibility index (Phi) is 4.61. The number of carbonyl (C=O) groups excluding carboxylic acids is 1. The van der Waals surface area contributed by atoms with Gasteiger partial charge in [0, 0.05) is 35.5 Å². The number of carbonyl (C=O) groups is 1. The number of hydrogen-bond donors (Lipinski definition) is 2. The van der Waals surface area contributed by atoms with Crippen molar-refractivity contribution in [1.82, 2.24) is 4.90 Å². The van der Waals surface area contributed by atoms with Crippen LogP contribution in [0.1, 0.15) is 5.56 Å². The molecule has 0 unspecified atom stereocenters. The van der Waals surface area contributed by atoms with Crippen LogP contribution in [-0.4, -0.2) is 33.5 Å². The van der Waals surface area contributed by atoms with Crippen molar-refractivity contribution in [2.45, 2.75) is 11.4 Å². The third-order valence-electron chi connectivity index (χ3n) is 3.74. The van der Waals surface area contributed by atoms with Crippen LogP contribution in [0.3, 0.4) is 0 Å². The molecule has 1 aliphatic rings. The fourth-order valence-electron chi connectivity index (χ4n) is 2.47. The molecular formula is C16H16BrN3O4S. The zero-order chi connectivity index (χ0) is 18.2. The smallest absolute Gasteiger partial charge is 0.321 e. The predicted molar refractivity (Wildman–Crippen MR) is 98.4 cm³/mol. The summed E-state index contributed by atoms with van der Waals surface area (Å²) in [7, 11) is -0.639. The second kappa shape index (κ2) is 6.57. The molecule has 0 atom stereocenters. The third kappa shape index (κ3) is 3.72. The van der Waals surface area contributed by atoms with E-state index in [9.17, 15) is 13.2 Å². The van der Waals surface area contributed by atoms with Crippen molar-refractivity contribution in [3.8, 4) is 5.75 Å². The summed E-state index contributed by atoms with van der Waals surface area (Å²) in [6, 6.07) is 9.42. The lowest BCUT2D eigenvalue weighted by Crippen LogP contribution is -2.35. The molecule has 7 nitrogen and oxygen atoms in total. The minimum absolute atomic E-state index is 0.0851. The van der Waals surface area contributed by atoms with Crippen LogP contribution in [0.5, 0.6) is 5.75 Å². The fourth-order valence-corrected chi connectivity index (χ4v) is 4.20. The number of benzene rings is 2. The van der Waals surface area contributed by atoms with Gasteiger partial charge >= 0.3 is 6.03 Å². The Morgan fingerprint density at radius 3 is 2.72 bits per heavy atom. The summed E-state index contributed by atoms with van der Waals surface area (Å²) in [6.45, 7) is 0.404. The zero-order valence-corrected chi connectivity index (χ0v) is 15.9. The van der Waals surface area contributed by atoms with E-state index in [2.05, 4.69) is 26.0 Å². The molecule has 0 aliphatic carbocycles. The maximum absolute atomic E-state index is 12.6. The summed E-state index contributed by atoms with van der Waals surface area (Å²) < 4.78 is 33.5. The minimum Gasteiger partial charge on any atom is -0.497 e. The molecule has 0 bridgehead atoms. The molecule has 2 aromatic rings. The van der Waals surface area contributed by atoms with E-state index in [1.54, 1.807) is 31.3 Å². The van der Waals surface area contributed by atoms with Crippen LogP contribution >= 0.6 is 15.9 Å². The number of ether oxygens (including phenoxy) is 1. The summed E-state index contributed by atoms with van der Waals surface area (Å²) in [4.78, 5) is 13.2. The SMILES string of the molecule is COc1cc(Br)cc(S(=O)(=O)Nc2ccc3c(c2)CN(C)C(=O)N3)c1. The third-order valence-corrected chi connectivity index (χ3v) is 5.56. The lowest BCUT2D eigenvalue weighted by Gasteiger charge is -2.26. The number of amides is 2. The van der Waals surface area contributed by atoms with Crippen molar-refractivity contribution >= 4 is 43.4 Å². The number of nitrogens with one attached hydrogen (secondary N) is 2. The van der Waals surface area contributed by atoms with E-state index in [0.29, 0.717) is 28.1 Å². The van der Waals surface area contributed by atoms with E-state index in [0.717, 1.165) is 5.56 Å². The van der Waals surface area contributed by atoms with Gasteiger partial charge in [-0.2, -0.15) is 0 Å². The minimum atomic E-state index is -3.78. The van der Waals surface area contributed by atoms with Gasteiger partial charge in [0.15, 0.2) is 0 Å². The molecule has 0 radical (unpaired) electrons. The van der Waals surface area contributed by atoms with Gasteiger partial charge in [0.2, 0.25) is 0 Å². The maximum Gasteiger partial charge on any atom is 0.321 e. The van der Waals surface area contributed by atoms with Crippen LogP contribution < -0.4 is 14.8 Å². The van der Waals surface area contributed by atoms with Crippen LogP contribution in [0.2, 0.25) is 0 Å². The highest BCUT2D eigenvalue weighted by molar-refractivity contribution is 9.10. The van der Waals surface area contributed by atoms with Crippen molar-refractivity contribution in [3.63, 3.8) is 0 Å². The summed E-state index contributed by atoms with van der Waals surface area (Å²) >= 11 is 3.28. The Morgan fingerprint density at radius 1 is 1.24 bits per heavy atom. The van der Waals surface area contributed by atoms with Crippen molar-refractivity contribution < 1.29 is 17.9 Å². The van der Waals surface area contributed by atoms with Gasteiger partial charge in [-0.05, 0) is 35.9 Å². The topological polar surface area (TPSA) is 87.7 Å². The van der Waals surface area contributed by atoms with E-state index in [1.807, 2.05) is 0 Å². The van der Waals surface area contributed by atoms with Gasteiger partial charge in [0.1, 0.15) is 5.75 Å². The molecule has 1 heterocycles. The number of rotatable bonds is 4. The molecule has 2 N–H and O–H groups in total.